The van der Waals surface area contributed by atoms with Crippen LogP contribution in [0.1, 0.15) is 23.9 Å². The second-order valence-corrected chi connectivity index (χ2v) is 5.55. The number of nitrogens with zero attached hydrogens (tertiary/aromatic N) is 4. The van der Waals surface area contributed by atoms with Gasteiger partial charge in [0.1, 0.15) is 17.9 Å². The first kappa shape index (κ1) is 18.9. The van der Waals surface area contributed by atoms with Crippen LogP contribution in [0.2, 0.25) is 0 Å². The Morgan fingerprint density at radius 1 is 1.46 bits per heavy atom. The van der Waals surface area contributed by atoms with Gasteiger partial charge in [-0.25, -0.2) is 5.43 Å². The fourth-order valence-corrected chi connectivity index (χ4v) is 2.39. The van der Waals surface area contributed by atoms with Gasteiger partial charge in [0, 0.05) is 5.56 Å². The Bertz CT molecular complexity index is 887. The molecule has 0 unspecified atom stereocenters. The number of nitrogens with one attached hydrogen (secondary N) is 1. The van der Waals surface area contributed by atoms with Crippen LogP contribution in [0.15, 0.2) is 23.3 Å². The molecular weight excluding hydrogens is 342 g/mol. The second-order valence-electron chi connectivity index (χ2n) is 5.55. The van der Waals surface area contributed by atoms with E-state index in [2.05, 4.69) is 15.6 Å². The SMILES string of the molecule is COc1cc(C(C)=NNC(=O)Cn2nc(C)c([N+](=O)[O-])c2C)ccc1O. The molecule has 10 nitrogen and oxygen atoms in total. The molecule has 1 amide bonds. The summed E-state index contributed by atoms with van der Waals surface area (Å²) in [4.78, 5) is 22.5. The highest BCUT2D eigenvalue weighted by molar-refractivity contribution is 5.99. The number of carbonyl (C=O) groups excluding carboxylic acids is 1. The highest BCUT2D eigenvalue weighted by atomic mass is 16.6. The summed E-state index contributed by atoms with van der Waals surface area (Å²) in [6, 6.07) is 4.68. The van der Waals surface area contributed by atoms with Crippen molar-refractivity contribution in [2.45, 2.75) is 27.3 Å². The first-order valence-corrected chi connectivity index (χ1v) is 7.63. The van der Waals surface area contributed by atoms with Crippen LogP contribution in [0.25, 0.3) is 0 Å². The van der Waals surface area contributed by atoms with E-state index in [0.717, 1.165) is 0 Å². The van der Waals surface area contributed by atoms with Crippen molar-refractivity contribution in [3.63, 3.8) is 0 Å². The van der Waals surface area contributed by atoms with Gasteiger partial charge in [0.15, 0.2) is 11.5 Å². The van der Waals surface area contributed by atoms with Crippen molar-refractivity contribution in [2.24, 2.45) is 5.10 Å². The van der Waals surface area contributed by atoms with Crippen molar-refractivity contribution >= 4 is 17.3 Å². The molecule has 0 aliphatic carbocycles. The van der Waals surface area contributed by atoms with Crippen molar-refractivity contribution in [2.75, 3.05) is 7.11 Å². The van der Waals surface area contributed by atoms with Gasteiger partial charge in [0.25, 0.3) is 5.91 Å². The van der Waals surface area contributed by atoms with Crippen molar-refractivity contribution in [1.82, 2.24) is 15.2 Å². The molecule has 1 aromatic carbocycles. The van der Waals surface area contributed by atoms with Crippen molar-refractivity contribution in [3.8, 4) is 11.5 Å². The summed E-state index contributed by atoms with van der Waals surface area (Å²) in [6.45, 7) is 4.53. The summed E-state index contributed by atoms with van der Waals surface area (Å²) in [5.74, 6) is -0.187. The Balaban J connectivity index is 2.10. The molecular formula is C16H19N5O5. The molecule has 1 heterocycles. The summed E-state index contributed by atoms with van der Waals surface area (Å²) < 4.78 is 6.29. The third kappa shape index (κ3) is 3.97. The number of hydrogen-bond donors (Lipinski definition) is 2. The van der Waals surface area contributed by atoms with Crippen molar-refractivity contribution < 1.29 is 19.6 Å². The molecule has 10 heteroatoms. The molecule has 0 saturated carbocycles. The number of phenolic OH excluding ortho intramolecular Hbond substituents is 1. The standard InChI is InChI=1S/C16H19N5O5/c1-9(12-5-6-13(22)14(7-12)26-4)17-18-15(23)8-20-11(3)16(21(24)25)10(2)19-20/h5-7,22H,8H2,1-4H3,(H,18,23). The van der Waals surface area contributed by atoms with Crippen LogP contribution in [-0.2, 0) is 11.3 Å². The first-order valence-electron chi connectivity index (χ1n) is 7.63. The average Bonchev–Trinajstić information content (AvgIpc) is 2.86. The monoisotopic (exact) mass is 361 g/mol. The smallest absolute Gasteiger partial charge is 0.312 e. The Morgan fingerprint density at radius 3 is 2.73 bits per heavy atom. The molecule has 0 fully saturated rings. The number of aryl methyl sites for hydroxylation is 1. The predicted octanol–water partition coefficient (Wildman–Crippen LogP) is 1.66. The summed E-state index contributed by atoms with van der Waals surface area (Å²) in [6.07, 6.45) is 0. The molecule has 0 aliphatic heterocycles. The third-order valence-electron chi connectivity index (χ3n) is 3.77. The van der Waals surface area contributed by atoms with Gasteiger partial charge in [-0.3, -0.25) is 19.6 Å². The molecule has 138 valence electrons. The fourth-order valence-electron chi connectivity index (χ4n) is 2.39. The maximum absolute atomic E-state index is 12.1. The zero-order chi connectivity index (χ0) is 19.4. The number of nitro groups is 1. The highest BCUT2D eigenvalue weighted by Gasteiger charge is 2.22. The molecule has 0 bridgehead atoms. The molecule has 0 atom stereocenters. The molecule has 2 aromatic rings. The lowest BCUT2D eigenvalue weighted by molar-refractivity contribution is -0.386. The summed E-state index contributed by atoms with van der Waals surface area (Å²) in [5.41, 5.74) is 3.97. The summed E-state index contributed by atoms with van der Waals surface area (Å²) in [7, 11) is 1.43. The molecule has 0 spiro atoms. The number of phenols is 1. The number of ether oxygens (including phenoxy) is 1. The number of methoxy groups -OCH3 is 1. The number of benzene rings is 1. The quantitative estimate of drug-likeness (QED) is 0.457. The van der Waals surface area contributed by atoms with Crippen LogP contribution in [0, 0.1) is 24.0 Å². The van der Waals surface area contributed by atoms with Crippen LogP contribution in [0.4, 0.5) is 5.69 Å². The largest absolute Gasteiger partial charge is 0.504 e. The van der Waals surface area contributed by atoms with Gasteiger partial charge in [0.05, 0.1) is 17.7 Å². The maximum atomic E-state index is 12.1. The Labute approximate surface area is 149 Å². The predicted molar refractivity (Wildman–Crippen MR) is 93.4 cm³/mol. The molecule has 1 aromatic heterocycles. The van der Waals surface area contributed by atoms with Crippen molar-refractivity contribution in [1.29, 1.82) is 0 Å². The number of aromatic hydroxyl groups is 1. The van der Waals surface area contributed by atoms with Gasteiger partial charge < -0.3 is 9.84 Å². The summed E-state index contributed by atoms with van der Waals surface area (Å²) in [5, 5.41) is 28.6. The van der Waals surface area contributed by atoms with Crippen molar-refractivity contribution in [3.05, 3.63) is 45.3 Å². The van der Waals surface area contributed by atoms with E-state index in [1.807, 2.05) is 0 Å². The van der Waals surface area contributed by atoms with E-state index in [-0.39, 0.29) is 23.7 Å². The molecule has 2 rings (SSSR count). The number of hydrazone groups is 1. The maximum Gasteiger partial charge on any atom is 0.312 e. The average molecular weight is 361 g/mol. The molecule has 2 N–H and O–H groups in total. The topological polar surface area (TPSA) is 132 Å². The zero-order valence-corrected chi connectivity index (χ0v) is 14.8. The second kappa shape index (κ2) is 7.64. The fraction of sp³-hybridized carbons (Fsp3) is 0.312. The van der Waals surface area contributed by atoms with E-state index < -0.39 is 10.8 Å². The van der Waals surface area contributed by atoms with Crippen LogP contribution in [0.3, 0.4) is 0 Å². The lowest BCUT2D eigenvalue weighted by atomic mass is 10.1. The Kier molecular flexibility index (Phi) is 5.55. The van der Waals surface area contributed by atoms with E-state index in [9.17, 15) is 20.0 Å². The normalized spacial score (nSPS) is 11.3. The highest BCUT2D eigenvalue weighted by Crippen LogP contribution is 2.26. The van der Waals surface area contributed by atoms with Crippen LogP contribution in [0.5, 0.6) is 11.5 Å². The zero-order valence-electron chi connectivity index (χ0n) is 14.8. The van der Waals surface area contributed by atoms with Gasteiger partial charge in [0.2, 0.25) is 0 Å². The minimum absolute atomic E-state index is 0.000734. The molecule has 0 aliphatic rings. The minimum atomic E-state index is -0.521. The van der Waals surface area contributed by atoms with Crippen LogP contribution in [-0.4, -0.2) is 38.5 Å². The number of hydrogen-bond acceptors (Lipinski definition) is 7. The minimum Gasteiger partial charge on any atom is -0.504 e. The summed E-state index contributed by atoms with van der Waals surface area (Å²) >= 11 is 0. The Hall–Kier alpha value is -3.43. The van der Waals surface area contributed by atoms with E-state index >= 15 is 0 Å². The van der Waals surface area contributed by atoms with E-state index in [1.54, 1.807) is 19.1 Å². The third-order valence-corrected chi connectivity index (χ3v) is 3.77. The van der Waals surface area contributed by atoms with Gasteiger partial charge >= 0.3 is 5.69 Å². The lowest BCUT2D eigenvalue weighted by Crippen LogP contribution is -2.25. The van der Waals surface area contributed by atoms with Gasteiger partial charge in [-0.05, 0) is 39.0 Å². The Morgan fingerprint density at radius 2 is 2.15 bits per heavy atom. The lowest BCUT2D eigenvalue weighted by Gasteiger charge is -2.07. The number of amides is 1. The van der Waals surface area contributed by atoms with E-state index in [4.69, 9.17) is 4.74 Å². The number of carbonyl (C=O) groups is 1. The van der Waals surface area contributed by atoms with Gasteiger partial charge in [-0.15, -0.1) is 0 Å². The molecule has 0 radical (unpaired) electrons. The molecule has 0 saturated heterocycles. The van der Waals surface area contributed by atoms with E-state index in [1.165, 1.54) is 31.7 Å². The molecule has 26 heavy (non-hydrogen) atoms. The van der Waals surface area contributed by atoms with Gasteiger partial charge in [-0.2, -0.15) is 10.2 Å². The number of aromatic nitrogens is 2. The first-order chi connectivity index (χ1) is 12.2. The van der Waals surface area contributed by atoms with Crippen LogP contribution < -0.4 is 10.2 Å². The number of rotatable bonds is 6. The van der Waals surface area contributed by atoms with Gasteiger partial charge in [-0.1, -0.05) is 0 Å². The van der Waals surface area contributed by atoms with E-state index in [0.29, 0.717) is 22.7 Å². The van der Waals surface area contributed by atoms with Crippen LogP contribution >= 0.6 is 0 Å².